The molecule has 0 fully saturated rings. The normalized spacial score (nSPS) is 16.4. The van der Waals surface area contributed by atoms with Crippen molar-refractivity contribution in [3.63, 3.8) is 0 Å². The summed E-state index contributed by atoms with van der Waals surface area (Å²) in [5.41, 5.74) is 9.97. The summed E-state index contributed by atoms with van der Waals surface area (Å²) in [5.74, 6) is -0.0331. The lowest BCUT2D eigenvalue weighted by molar-refractivity contribution is -0.118. The van der Waals surface area contributed by atoms with Crippen LogP contribution in [0.2, 0.25) is 0 Å². The molecule has 194 valence electrons. The number of aromatic nitrogens is 1. The number of fused-ring (bicyclic) bond motifs is 3. The number of amides is 1. The molecule has 4 nitrogen and oxygen atoms in total. The molecule has 0 saturated carbocycles. The number of aromatic amines is 1. The minimum atomic E-state index is -0.376. The van der Waals surface area contributed by atoms with Gasteiger partial charge in [0.1, 0.15) is 0 Å². The Balaban J connectivity index is 1.18. The maximum Gasteiger partial charge on any atom is 0.241 e. The van der Waals surface area contributed by atoms with Gasteiger partial charge in [0, 0.05) is 22.3 Å². The molecule has 7 rings (SSSR count). The largest absolute Gasteiger partial charge is 0.357 e. The predicted molar refractivity (Wildman–Crippen MR) is 163 cm³/mol. The molecule has 2 atom stereocenters. The molecule has 1 aliphatic rings. The first-order valence-electron chi connectivity index (χ1n) is 13.7. The van der Waals surface area contributed by atoms with E-state index >= 15 is 0 Å². The van der Waals surface area contributed by atoms with Crippen LogP contribution in [0.3, 0.4) is 0 Å². The fourth-order valence-corrected chi connectivity index (χ4v) is 5.77. The average Bonchev–Trinajstić information content (AvgIpc) is 3.41. The molecule has 0 aliphatic carbocycles. The van der Waals surface area contributed by atoms with Crippen LogP contribution in [-0.4, -0.2) is 16.9 Å². The van der Waals surface area contributed by atoms with Gasteiger partial charge in [-0.2, -0.15) is 0 Å². The van der Waals surface area contributed by atoms with Gasteiger partial charge in [0.05, 0.1) is 12.1 Å². The highest BCUT2D eigenvalue weighted by molar-refractivity contribution is 5.96. The van der Waals surface area contributed by atoms with Crippen molar-refractivity contribution in [1.82, 2.24) is 10.3 Å². The van der Waals surface area contributed by atoms with Crippen LogP contribution in [0.5, 0.6) is 0 Å². The van der Waals surface area contributed by atoms with Gasteiger partial charge in [0.2, 0.25) is 5.91 Å². The smallest absolute Gasteiger partial charge is 0.241 e. The number of para-hydroxylation sites is 1. The third-order valence-corrected chi connectivity index (χ3v) is 7.84. The molecule has 6 aromatic rings. The van der Waals surface area contributed by atoms with Crippen LogP contribution in [0.1, 0.15) is 22.9 Å². The fourth-order valence-electron chi connectivity index (χ4n) is 5.77. The Hall–Kier alpha value is -4.93. The van der Waals surface area contributed by atoms with Gasteiger partial charge >= 0.3 is 0 Å². The molecule has 40 heavy (non-hydrogen) atoms. The van der Waals surface area contributed by atoms with Gasteiger partial charge in [-0.25, -0.2) is 0 Å². The van der Waals surface area contributed by atoms with Crippen molar-refractivity contribution in [2.75, 3.05) is 5.32 Å². The van der Waals surface area contributed by atoms with E-state index in [-0.39, 0.29) is 18.0 Å². The molecular formula is C36H29N3O. The summed E-state index contributed by atoms with van der Waals surface area (Å²) in [5, 5.41) is 7.99. The number of hydrogen-bond acceptors (Lipinski definition) is 2. The third-order valence-electron chi connectivity index (χ3n) is 7.84. The standard InChI is InChI=1S/C36H29N3O/c40-36(37-29-21-19-27(20-22-29)25-11-5-2-6-12-25)33-23-31-30-13-7-8-14-32(30)38-35(31)34(39-33)28-17-15-26(16-18-28)24-9-3-1-4-10-24/h1-22,33-34,38-39H,23H2,(H,37,40)/t33-,34-/m0/s1. The SMILES string of the molecule is O=C(Nc1ccc(-c2ccccc2)cc1)[C@@H]1Cc2c([nH]c3ccccc23)[C@H](c2ccc(-c3ccccc3)cc2)N1. The summed E-state index contributed by atoms with van der Waals surface area (Å²) < 4.78 is 0. The number of H-pyrrole nitrogens is 1. The second kappa shape index (κ2) is 10.3. The van der Waals surface area contributed by atoms with Crippen LogP contribution in [0, 0.1) is 0 Å². The molecule has 4 heteroatoms. The number of benzene rings is 5. The predicted octanol–water partition coefficient (Wildman–Crippen LogP) is 7.74. The third kappa shape index (κ3) is 4.59. The Bertz CT molecular complexity index is 1770. The summed E-state index contributed by atoms with van der Waals surface area (Å²) in [6, 6.07) is 45.2. The van der Waals surface area contributed by atoms with E-state index in [0.717, 1.165) is 33.6 Å². The number of nitrogens with one attached hydrogen (secondary N) is 3. The zero-order valence-corrected chi connectivity index (χ0v) is 22.0. The molecule has 0 radical (unpaired) electrons. The van der Waals surface area contributed by atoms with Crippen LogP contribution in [0.15, 0.2) is 133 Å². The second-order valence-electron chi connectivity index (χ2n) is 10.3. The van der Waals surface area contributed by atoms with Crippen molar-refractivity contribution in [2.45, 2.75) is 18.5 Å². The molecule has 3 N–H and O–H groups in total. The van der Waals surface area contributed by atoms with E-state index in [9.17, 15) is 4.79 Å². The monoisotopic (exact) mass is 519 g/mol. The van der Waals surface area contributed by atoms with E-state index in [1.807, 2.05) is 54.6 Å². The first kappa shape index (κ1) is 24.1. The summed E-state index contributed by atoms with van der Waals surface area (Å²) in [4.78, 5) is 17.3. The minimum absolute atomic E-state index is 0.0331. The van der Waals surface area contributed by atoms with E-state index in [0.29, 0.717) is 6.42 Å². The summed E-state index contributed by atoms with van der Waals surface area (Å²) in [6.07, 6.45) is 0.617. The Morgan fingerprint density at radius 3 is 1.82 bits per heavy atom. The Labute approximate surface area is 233 Å². The Morgan fingerprint density at radius 1 is 0.625 bits per heavy atom. The topological polar surface area (TPSA) is 56.9 Å². The van der Waals surface area contributed by atoms with Crippen molar-refractivity contribution in [3.05, 3.63) is 150 Å². The number of carbonyl (C=O) groups is 1. The van der Waals surface area contributed by atoms with Gasteiger partial charge in [-0.05, 0) is 58.0 Å². The molecule has 0 saturated heterocycles. The van der Waals surface area contributed by atoms with Gasteiger partial charge in [-0.15, -0.1) is 0 Å². The Kier molecular flexibility index (Phi) is 6.23. The molecule has 1 aliphatic heterocycles. The summed E-state index contributed by atoms with van der Waals surface area (Å²) in [7, 11) is 0. The van der Waals surface area contributed by atoms with Crippen molar-refractivity contribution in [3.8, 4) is 22.3 Å². The van der Waals surface area contributed by atoms with E-state index < -0.39 is 0 Å². The van der Waals surface area contributed by atoms with Crippen LogP contribution in [-0.2, 0) is 11.2 Å². The van der Waals surface area contributed by atoms with Gasteiger partial charge < -0.3 is 10.3 Å². The molecule has 0 unspecified atom stereocenters. The van der Waals surface area contributed by atoms with E-state index in [2.05, 4.69) is 94.5 Å². The van der Waals surface area contributed by atoms with Gasteiger partial charge in [-0.1, -0.05) is 115 Å². The van der Waals surface area contributed by atoms with Crippen molar-refractivity contribution in [2.24, 2.45) is 0 Å². The molecule has 2 heterocycles. The maximum atomic E-state index is 13.6. The highest BCUT2D eigenvalue weighted by Gasteiger charge is 2.34. The van der Waals surface area contributed by atoms with E-state index in [1.165, 1.54) is 22.1 Å². The van der Waals surface area contributed by atoms with Gasteiger partial charge in [0.25, 0.3) is 0 Å². The number of hydrogen-bond donors (Lipinski definition) is 3. The highest BCUT2D eigenvalue weighted by atomic mass is 16.2. The maximum absolute atomic E-state index is 13.6. The van der Waals surface area contributed by atoms with E-state index in [4.69, 9.17) is 0 Å². The first-order chi connectivity index (χ1) is 19.7. The lowest BCUT2D eigenvalue weighted by Gasteiger charge is -2.31. The summed E-state index contributed by atoms with van der Waals surface area (Å²) in [6.45, 7) is 0. The van der Waals surface area contributed by atoms with Crippen LogP contribution in [0.4, 0.5) is 5.69 Å². The van der Waals surface area contributed by atoms with Gasteiger partial charge in [0.15, 0.2) is 0 Å². The van der Waals surface area contributed by atoms with Crippen LogP contribution < -0.4 is 10.6 Å². The first-order valence-corrected chi connectivity index (χ1v) is 13.7. The van der Waals surface area contributed by atoms with E-state index in [1.54, 1.807) is 0 Å². The zero-order chi connectivity index (χ0) is 26.9. The zero-order valence-electron chi connectivity index (χ0n) is 22.0. The Morgan fingerprint density at radius 2 is 1.18 bits per heavy atom. The molecular weight excluding hydrogens is 490 g/mol. The lowest BCUT2D eigenvalue weighted by atomic mass is 9.89. The molecule has 1 amide bonds. The molecule has 0 spiro atoms. The average molecular weight is 520 g/mol. The molecule has 0 bridgehead atoms. The fraction of sp³-hybridized carbons (Fsp3) is 0.0833. The van der Waals surface area contributed by atoms with Crippen molar-refractivity contribution >= 4 is 22.5 Å². The van der Waals surface area contributed by atoms with Crippen LogP contribution in [0.25, 0.3) is 33.2 Å². The number of anilines is 1. The van der Waals surface area contributed by atoms with Crippen molar-refractivity contribution in [1.29, 1.82) is 0 Å². The van der Waals surface area contributed by atoms with Crippen molar-refractivity contribution < 1.29 is 4.79 Å². The minimum Gasteiger partial charge on any atom is -0.357 e. The molecule has 5 aromatic carbocycles. The highest BCUT2D eigenvalue weighted by Crippen LogP contribution is 2.36. The number of rotatable bonds is 5. The lowest BCUT2D eigenvalue weighted by Crippen LogP contribution is -2.47. The summed E-state index contributed by atoms with van der Waals surface area (Å²) >= 11 is 0. The van der Waals surface area contributed by atoms with Crippen LogP contribution >= 0.6 is 0 Å². The second-order valence-corrected chi connectivity index (χ2v) is 10.3. The number of carbonyl (C=O) groups excluding carboxylic acids is 1. The van der Waals surface area contributed by atoms with Gasteiger partial charge in [-0.3, -0.25) is 10.1 Å². The quantitative estimate of drug-likeness (QED) is 0.218. The molecule has 1 aromatic heterocycles.